The van der Waals surface area contributed by atoms with Crippen molar-refractivity contribution >= 4 is 6.09 Å². The van der Waals surface area contributed by atoms with Crippen molar-refractivity contribution < 1.29 is 40.2 Å². The normalized spacial score (nSPS) is 38.4. The zero-order valence-electron chi connectivity index (χ0n) is 8.17. The molecule has 1 amide bonds. The van der Waals surface area contributed by atoms with Gasteiger partial charge in [0, 0.05) is 0 Å². The largest absolute Gasteiger partial charge is 0.465 e. The van der Waals surface area contributed by atoms with Crippen molar-refractivity contribution in [2.45, 2.75) is 30.7 Å². The topological polar surface area (TPSA) is 174 Å². The summed E-state index contributed by atoms with van der Waals surface area (Å²) in [5, 5.41) is 51.9. The molecule has 1 rings (SSSR count). The predicted octanol–water partition coefficient (Wildman–Crippen LogP) is -3.60. The molecule has 0 unspecified atom stereocenters. The summed E-state index contributed by atoms with van der Waals surface area (Å²) in [5.41, 5.74) is 4.03. The molecule has 0 saturated carbocycles. The summed E-state index contributed by atoms with van der Waals surface area (Å²) in [5.74, 6) is 0. The van der Waals surface area contributed by atoms with Crippen LogP contribution in [0.15, 0.2) is 0 Å². The highest BCUT2D eigenvalue weighted by Gasteiger charge is 2.42. The second-order valence-electron chi connectivity index (χ2n) is 3.06. The van der Waals surface area contributed by atoms with Crippen LogP contribution in [-0.4, -0.2) is 74.0 Å². The molecule has 1 aliphatic rings. The van der Waals surface area contributed by atoms with E-state index in [2.05, 4.69) is 10.5 Å². The maximum absolute atomic E-state index is 9.12. The first-order valence-electron chi connectivity index (χ1n) is 4.28. The van der Waals surface area contributed by atoms with Crippen LogP contribution in [0.1, 0.15) is 0 Å². The SMILES string of the molecule is NC(=O)O.OC[C@H]1O[C@H](O)[C@@H](O)[C@@H](O)[C@@H]1O. The Kier molecular flexibility index (Phi) is 6.18. The lowest BCUT2D eigenvalue weighted by atomic mass is 10.00. The van der Waals surface area contributed by atoms with E-state index in [0.717, 1.165) is 0 Å². The highest BCUT2D eigenvalue weighted by molar-refractivity contribution is 5.61. The Labute approximate surface area is 90.3 Å². The van der Waals surface area contributed by atoms with Crippen LogP contribution < -0.4 is 5.73 Å². The zero-order valence-corrected chi connectivity index (χ0v) is 8.17. The molecule has 0 aliphatic carbocycles. The van der Waals surface area contributed by atoms with E-state index in [-0.39, 0.29) is 0 Å². The molecule has 0 aromatic rings. The minimum Gasteiger partial charge on any atom is -0.465 e. The van der Waals surface area contributed by atoms with Crippen molar-refractivity contribution in [2.24, 2.45) is 5.73 Å². The van der Waals surface area contributed by atoms with Gasteiger partial charge in [-0.05, 0) is 0 Å². The van der Waals surface area contributed by atoms with Gasteiger partial charge in [-0.25, -0.2) is 4.79 Å². The number of carboxylic acid groups (broad SMARTS) is 1. The molecule has 0 radical (unpaired) electrons. The smallest absolute Gasteiger partial charge is 0.402 e. The molecule has 1 aliphatic heterocycles. The molecule has 9 nitrogen and oxygen atoms in total. The van der Waals surface area contributed by atoms with Gasteiger partial charge in [-0.2, -0.15) is 0 Å². The third-order valence-corrected chi connectivity index (χ3v) is 1.87. The number of ether oxygens (including phenoxy) is 1. The average molecular weight is 241 g/mol. The Bertz CT molecular complexity index is 216. The molecule has 0 aromatic heterocycles. The van der Waals surface area contributed by atoms with Crippen LogP contribution in [0.2, 0.25) is 0 Å². The molecule has 8 N–H and O–H groups in total. The minimum absolute atomic E-state index is 0.526. The summed E-state index contributed by atoms with van der Waals surface area (Å²) in [6.45, 7) is -0.526. The number of carbonyl (C=O) groups is 1. The van der Waals surface area contributed by atoms with Gasteiger partial charge in [0.05, 0.1) is 6.61 Å². The van der Waals surface area contributed by atoms with E-state index in [1.807, 2.05) is 0 Å². The van der Waals surface area contributed by atoms with E-state index >= 15 is 0 Å². The molecule has 9 heteroatoms. The lowest BCUT2D eigenvalue weighted by Crippen LogP contribution is -2.58. The van der Waals surface area contributed by atoms with Crippen molar-refractivity contribution in [3.63, 3.8) is 0 Å². The number of primary amides is 1. The van der Waals surface area contributed by atoms with E-state index in [1.54, 1.807) is 0 Å². The first kappa shape index (κ1) is 15.0. The highest BCUT2D eigenvalue weighted by Crippen LogP contribution is 2.18. The molecule has 5 atom stereocenters. The Balaban J connectivity index is 0.000000487. The molecular formula is C7H15NO8. The van der Waals surface area contributed by atoms with Crippen molar-refractivity contribution in [3.8, 4) is 0 Å². The van der Waals surface area contributed by atoms with Crippen LogP contribution in [-0.2, 0) is 4.74 Å². The van der Waals surface area contributed by atoms with Gasteiger partial charge < -0.3 is 41.1 Å². The van der Waals surface area contributed by atoms with Gasteiger partial charge in [0.25, 0.3) is 0 Å². The van der Waals surface area contributed by atoms with Crippen LogP contribution in [0.4, 0.5) is 4.79 Å². The molecule has 1 saturated heterocycles. The molecular weight excluding hydrogens is 226 g/mol. The Morgan fingerprint density at radius 3 is 1.94 bits per heavy atom. The molecule has 1 heterocycles. The van der Waals surface area contributed by atoms with E-state index in [4.69, 9.17) is 35.4 Å². The first-order valence-corrected chi connectivity index (χ1v) is 4.28. The van der Waals surface area contributed by atoms with Crippen LogP contribution >= 0.6 is 0 Å². The Morgan fingerprint density at radius 2 is 1.56 bits per heavy atom. The van der Waals surface area contributed by atoms with E-state index < -0.39 is 43.4 Å². The van der Waals surface area contributed by atoms with Crippen LogP contribution in [0.5, 0.6) is 0 Å². The number of aliphatic hydroxyl groups is 5. The third kappa shape index (κ3) is 4.26. The second-order valence-corrected chi connectivity index (χ2v) is 3.06. The summed E-state index contributed by atoms with van der Waals surface area (Å²) in [4.78, 5) is 8.78. The fraction of sp³-hybridized carbons (Fsp3) is 0.857. The van der Waals surface area contributed by atoms with Gasteiger partial charge in [-0.1, -0.05) is 0 Å². The predicted molar refractivity (Wildman–Crippen MR) is 48.2 cm³/mol. The van der Waals surface area contributed by atoms with Gasteiger partial charge in [0.1, 0.15) is 24.4 Å². The van der Waals surface area contributed by atoms with Gasteiger partial charge in [-0.15, -0.1) is 0 Å². The van der Waals surface area contributed by atoms with Crippen molar-refractivity contribution in [1.29, 1.82) is 0 Å². The van der Waals surface area contributed by atoms with Gasteiger partial charge in [-0.3, -0.25) is 0 Å². The highest BCUT2D eigenvalue weighted by atomic mass is 16.6. The molecule has 16 heavy (non-hydrogen) atoms. The summed E-state index contributed by atoms with van der Waals surface area (Å²) < 4.78 is 4.58. The fourth-order valence-corrected chi connectivity index (χ4v) is 1.08. The van der Waals surface area contributed by atoms with Gasteiger partial charge in [0.2, 0.25) is 0 Å². The fourth-order valence-electron chi connectivity index (χ4n) is 1.08. The number of amides is 1. The van der Waals surface area contributed by atoms with Crippen molar-refractivity contribution in [2.75, 3.05) is 6.61 Å². The number of aliphatic hydroxyl groups excluding tert-OH is 5. The average Bonchev–Trinajstić information content (AvgIpc) is 2.19. The Morgan fingerprint density at radius 1 is 1.12 bits per heavy atom. The second kappa shape index (κ2) is 6.58. The lowest BCUT2D eigenvalue weighted by molar-refractivity contribution is -0.286. The maximum Gasteiger partial charge on any atom is 0.402 e. The van der Waals surface area contributed by atoms with E-state index in [1.165, 1.54) is 0 Å². The van der Waals surface area contributed by atoms with Crippen LogP contribution in [0.25, 0.3) is 0 Å². The molecule has 0 aromatic carbocycles. The van der Waals surface area contributed by atoms with E-state index in [0.29, 0.717) is 0 Å². The summed E-state index contributed by atoms with van der Waals surface area (Å²) in [6.07, 6.45) is -8.37. The molecule has 0 bridgehead atoms. The van der Waals surface area contributed by atoms with Crippen LogP contribution in [0, 0.1) is 0 Å². The zero-order chi connectivity index (χ0) is 12.9. The monoisotopic (exact) mass is 241 g/mol. The number of nitrogens with two attached hydrogens (primary N) is 1. The van der Waals surface area contributed by atoms with Crippen molar-refractivity contribution in [1.82, 2.24) is 0 Å². The summed E-state index contributed by atoms with van der Waals surface area (Å²) in [6, 6.07) is 0. The summed E-state index contributed by atoms with van der Waals surface area (Å²) in [7, 11) is 0. The lowest BCUT2D eigenvalue weighted by Gasteiger charge is -2.37. The van der Waals surface area contributed by atoms with Crippen molar-refractivity contribution in [3.05, 3.63) is 0 Å². The standard InChI is InChI=1S/C6H12O6.CH3NO2/c7-1-2-3(8)4(9)5(10)6(11)12-2;2-1(3)4/h2-11H,1H2;2H2,(H,3,4)/t2-,3-,4+,5+,6+;/m1./s1. The molecule has 0 spiro atoms. The van der Waals surface area contributed by atoms with E-state index in [9.17, 15) is 0 Å². The summed E-state index contributed by atoms with van der Waals surface area (Å²) >= 11 is 0. The maximum atomic E-state index is 9.12. The number of hydrogen-bond acceptors (Lipinski definition) is 7. The minimum atomic E-state index is -1.57. The molecule has 1 fully saturated rings. The Hall–Kier alpha value is -0.970. The number of rotatable bonds is 1. The molecule has 96 valence electrons. The quantitative estimate of drug-likeness (QED) is 0.246. The van der Waals surface area contributed by atoms with Crippen LogP contribution in [0.3, 0.4) is 0 Å². The van der Waals surface area contributed by atoms with Gasteiger partial charge in [0.15, 0.2) is 6.29 Å². The number of hydrogen-bond donors (Lipinski definition) is 7. The first-order chi connectivity index (χ1) is 7.31. The van der Waals surface area contributed by atoms with Gasteiger partial charge >= 0.3 is 6.09 Å². The third-order valence-electron chi connectivity index (χ3n) is 1.87.